The first kappa shape index (κ1) is 12.8. The summed E-state index contributed by atoms with van der Waals surface area (Å²) in [6.45, 7) is 5.31. The second kappa shape index (κ2) is 16.1. The molecule has 0 bridgehead atoms. The minimum absolute atomic E-state index is 0.750. The number of nitrogens with two attached hydrogens (primary N) is 2. The van der Waals surface area contributed by atoms with Gasteiger partial charge in [0.15, 0.2) is 0 Å². The molecule has 0 aliphatic rings. The van der Waals surface area contributed by atoms with E-state index in [-0.39, 0.29) is 0 Å². The predicted molar refractivity (Wildman–Crippen MR) is 48.0 cm³/mol. The SMILES string of the molecule is CCN.CCN.c1c[nH]cn1. The highest BCUT2D eigenvalue weighted by Gasteiger charge is 1.56. The Balaban J connectivity index is 0. The number of hydrogen-bond acceptors (Lipinski definition) is 3. The molecule has 0 aliphatic carbocycles. The Morgan fingerprint density at radius 2 is 1.73 bits per heavy atom. The molecule has 1 heterocycles. The predicted octanol–water partition coefficient (Wildman–Crippen LogP) is 0.340. The topological polar surface area (TPSA) is 80.7 Å². The maximum atomic E-state index is 4.85. The third-order valence-electron chi connectivity index (χ3n) is 0.406. The van der Waals surface area contributed by atoms with Gasteiger partial charge in [-0.3, -0.25) is 0 Å². The van der Waals surface area contributed by atoms with Crippen LogP contribution in [0.25, 0.3) is 0 Å². The van der Waals surface area contributed by atoms with Gasteiger partial charge in [-0.15, -0.1) is 0 Å². The van der Waals surface area contributed by atoms with Gasteiger partial charge in [0, 0.05) is 12.4 Å². The minimum atomic E-state index is 0.750. The molecular weight excluding hydrogens is 140 g/mol. The van der Waals surface area contributed by atoms with Crippen LogP contribution in [0.5, 0.6) is 0 Å². The Kier molecular flexibility index (Phi) is 18.7. The van der Waals surface area contributed by atoms with Crippen LogP contribution >= 0.6 is 0 Å². The van der Waals surface area contributed by atoms with E-state index in [1.807, 2.05) is 13.8 Å². The molecule has 1 rings (SSSR count). The van der Waals surface area contributed by atoms with Gasteiger partial charge in [-0.1, -0.05) is 13.8 Å². The van der Waals surface area contributed by atoms with Crippen LogP contribution in [0, 0.1) is 0 Å². The quantitative estimate of drug-likeness (QED) is 0.509. The molecule has 4 heteroatoms. The highest BCUT2D eigenvalue weighted by Crippen LogP contribution is 1.62. The van der Waals surface area contributed by atoms with E-state index in [0.29, 0.717) is 0 Å². The normalized spacial score (nSPS) is 6.91. The van der Waals surface area contributed by atoms with E-state index < -0.39 is 0 Å². The van der Waals surface area contributed by atoms with Crippen LogP contribution in [0.15, 0.2) is 18.7 Å². The number of aromatic amines is 1. The summed E-state index contributed by atoms with van der Waals surface area (Å²) in [6, 6.07) is 0. The summed E-state index contributed by atoms with van der Waals surface area (Å²) in [4.78, 5) is 6.42. The molecule has 0 atom stereocenters. The zero-order valence-corrected chi connectivity index (χ0v) is 7.25. The third-order valence-corrected chi connectivity index (χ3v) is 0.406. The lowest BCUT2D eigenvalue weighted by Crippen LogP contribution is -1.87. The Morgan fingerprint density at radius 3 is 1.82 bits per heavy atom. The first-order chi connectivity index (χ1) is 5.33. The monoisotopic (exact) mass is 158 g/mol. The van der Waals surface area contributed by atoms with Gasteiger partial charge in [-0.05, 0) is 13.1 Å². The second-order valence-electron chi connectivity index (χ2n) is 1.58. The van der Waals surface area contributed by atoms with Crippen LogP contribution in [-0.4, -0.2) is 23.1 Å². The molecule has 0 spiro atoms. The lowest BCUT2D eigenvalue weighted by atomic mass is 10.8. The smallest absolute Gasteiger partial charge is 0.0919 e. The molecule has 1 aromatic heterocycles. The number of aromatic nitrogens is 2. The molecule has 0 saturated carbocycles. The zero-order chi connectivity index (χ0) is 8.95. The molecule has 0 saturated heterocycles. The molecule has 11 heavy (non-hydrogen) atoms. The van der Waals surface area contributed by atoms with Crippen molar-refractivity contribution in [3.8, 4) is 0 Å². The number of imidazole rings is 1. The first-order valence-corrected chi connectivity index (χ1v) is 3.66. The second-order valence-corrected chi connectivity index (χ2v) is 1.58. The van der Waals surface area contributed by atoms with Crippen LogP contribution < -0.4 is 11.5 Å². The van der Waals surface area contributed by atoms with Crippen LogP contribution in [0.4, 0.5) is 0 Å². The average Bonchev–Trinajstić information content (AvgIpc) is 2.44. The molecule has 0 amide bonds. The van der Waals surface area contributed by atoms with E-state index in [1.54, 1.807) is 18.7 Å². The van der Waals surface area contributed by atoms with Gasteiger partial charge in [-0.2, -0.15) is 0 Å². The maximum Gasteiger partial charge on any atom is 0.0919 e. The van der Waals surface area contributed by atoms with Crippen LogP contribution in [0.1, 0.15) is 13.8 Å². The number of rotatable bonds is 0. The Labute approximate surface area is 68.0 Å². The molecule has 4 nitrogen and oxygen atoms in total. The van der Waals surface area contributed by atoms with Crippen LogP contribution in [-0.2, 0) is 0 Å². The number of nitrogens with one attached hydrogen (secondary N) is 1. The van der Waals surface area contributed by atoms with Gasteiger partial charge in [0.2, 0.25) is 0 Å². The van der Waals surface area contributed by atoms with Gasteiger partial charge in [0.25, 0.3) is 0 Å². The standard InChI is InChI=1S/C3H4N2.2C2H7N/c1-2-5-3-4-1;2*1-2-3/h1-3H,(H,4,5);2*2-3H2,1H3. The molecule has 0 unspecified atom stereocenters. The lowest BCUT2D eigenvalue weighted by molar-refractivity contribution is 1.14. The van der Waals surface area contributed by atoms with Gasteiger partial charge in [0.1, 0.15) is 0 Å². The highest BCUT2D eigenvalue weighted by atomic mass is 14.8. The zero-order valence-electron chi connectivity index (χ0n) is 7.25. The van der Waals surface area contributed by atoms with Crippen molar-refractivity contribution in [3.63, 3.8) is 0 Å². The lowest BCUT2D eigenvalue weighted by Gasteiger charge is -1.53. The number of nitrogens with zero attached hydrogens (tertiary/aromatic N) is 1. The molecule has 0 aliphatic heterocycles. The van der Waals surface area contributed by atoms with Gasteiger partial charge < -0.3 is 16.5 Å². The Morgan fingerprint density at radius 1 is 1.27 bits per heavy atom. The average molecular weight is 158 g/mol. The first-order valence-electron chi connectivity index (χ1n) is 3.66. The van der Waals surface area contributed by atoms with Gasteiger partial charge in [-0.25, -0.2) is 4.98 Å². The van der Waals surface area contributed by atoms with Gasteiger partial charge >= 0.3 is 0 Å². The maximum absolute atomic E-state index is 4.85. The molecular formula is C7H18N4. The van der Waals surface area contributed by atoms with Crippen molar-refractivity contribution >= 4 is 0 Å². The van der Waals surface area contributed by atoms with E-state index >= 15 is 0 Å². The van der Waals surface area contributed by atoms with Crippen molar-refractivity contribution in [1.82, 2.24) is 9.97 Å². The summed E-state index contributed by atoms with van der Waals surface area (Å²) in [7, 11) is 0. The van der Waals surface area contributed by atoms with E-state index in [4.69, 9.17) is 11.5 Å². The van der Waals surface area contributed by atoms with E-state index in [9.17, 15) is 0 Å². The fourth-order valence-electron chi connectivity index (χ4n) is 0.215. The highest BCUT2D eigenvalue weighted by molar-refractivity contribution is 4.64. The van der Waals surface area contributed by atoms with Crippen molar-refractivity contribution in [2.24, 2.45) is 11.5 Å². The largest absolute Gasteiger partial charge is 0.351 e. The molecule has 66 valence electrons. The van der Waals surface area contributed by atoms with E-state index in [0.717, 1.165) is 13.1 Å². The van der Waals surface area contributed by atoms with Crippen LogP contribution in [0.3, 0.4) is 0 Å². The number of hydrogen-bond donors (Lipinski definition) is 3. The molecule has 0 radical (unpaired) electrons. The van der Waals surface area contributed by atoms with Crippen molar-refractivity contribution in [2.75, 3.05) is 13.1 Å². The minimum Gasteiger partial charge on any atom is -0.351 e. The summed E-state index contributed by atoms with van der Waals surface area (Å²) in [5.41, 5.74) is 9.69. The molecule has 5 N–H and O–H groups in total. The van der Waals surface area contributed by atoms with Crippen molar-refractivity contribution in [1.29, 1.82) is 0 Å². The van der Waals surface area contributed by atoms with Crippen LogP contribution in [0.2, 0.25) is 0 Å². The molecule has 0 fully saturated rings. The number of H-pyrrole nitrogens is 1. The third kappa shape index (κ3) is 27.2. The Bertz CT molecular complexity index is 86.0. The van der Waals surface area contributed by atoms with Crippen molar-refractivity contribution in [3.05, 3.63) is 18.7 Å². The summed E-state index contributed by atoms with van der Waals surface area (Å²) < 4.78 is 0. The molecule has 0 aromatic carbocycles. The Hall–Kier alpha value is -0.870. The summed E-state index contributed by atoms with van der Waals surface area (Å²) in [6.07, 6.45) is 5.08. The van der Waals surface area contributed by atoms with Crippen molar-refractivity contribution in [2.45, 2.75) is 13.8 Å². The van der Waals surface area contributed by atoms with Gasteiger partial charge in [0.05, 0.1) is 6.33 Å². The van der Waals surface area contributed by atoms with E-state index in [1.165, 1.54) is 0 Å². The summed E-state index contributed by atoms with van der Waals surface area (Å²) in [5, 5.41) is 0. The fraction of sp³-hybridized carbons (Fsp3) is 0.571. The summed E-state index contributed by atoms with van der Waals surface area (Å²) in [5.74, 6) is 0. The fourth-order valence-corrected chi connectivity index (χ4v) is 0.215. The van der Waals surface area contributed by atoms with E-state index in [2.05, 4.69) is 9.97 Å². The summed E-state index contributed by atoms with van der Waals surface area (Å²) >= 11 is 0. The molecule has 1 aromatic rings. The van der Waals surface area contributed by atoms with Crippen molar-refractivity contribution < 1.29 is 0 Å².